The van der Waals surface area contributed by atoms with Gasteiger partial charge in [0.05, 0.1) is 16.8 Å². The third kappa shape index (κ3) is 4.63. The van der Waals surface area contributed by atoms with Gasteiger partial charge in [-0.2, -0.15) is 0 Å². The number of carbonyl (C=O) groups is 1. The lowest BCUT2D eigenvalue weighted by atomic mass is 9.85. The first-order valence-electron chi connectivity index (χ1n) is 7.70. The van der Waals surface area contributed by atoms with E-state index in [1.165, 1.54) is 0 Å². The van der Waals surface area contributed by atoms with Gasteiger partial charge >= 0.3 is 0 Å². The molecule has 23 heavy (non-hydrogen) atoms. The number of carbonyl (C=O) groups excluding carboxylic acids is 1. The quantitative estimate of drug-likeness (QED) is 0.788. The standard InChI is InChI=1S/C16H23Cl2NO3Si/c1-16(2,3)13(22-23(4)5)8-12-15(20)19-11-7-9(17)6-10(18)14(11)21-12/h6-7,12-13,23H,8H2,1-5H3,(H,19,20). The van der Waals surface area contributed by atoms with Gasteiger partial charge in [-0.3, -0.25) is 4.79 Å². The van der Waals surface area contributed by atoms with Gasteiger partial charge in [-0.05, 0) is 30.6 Å². The summed E-state index contributed by atoms with van der Waals surface area (Å²) >= 11 is 12.1. The summed E-state index contributed by atoms with van der Waals surface area (Å²) in [4.78, 5) is 12.4. The van der Waals surface area contributed by atoms with E-state index in [1.807, 2.05) is 0 Å². The summed E-state index contributed by atoms with van der Waals surface area (Å²) in [5.41, 5.74) is 0.431. The minimum absolute atomic E-state index is 0.0578. The summed E-state index contributed by atoms with van der Waals surface area (Å²) in [6.45, 7) is 10.6. The van der Waals surface area contributed by atoms with Crippen molar-refractivity contribution in [2.75, 3.05) is 5.32 Å². The van der Waals surface area contributed by atoms with Gasteiger partial charge in [0.15, 0.2) is 20.9 Å². The van der Waals surface area contributed by atoms with Crippen molar-refractivity contribution in [3.8, 4) is 5.75 Å². The number of nitrogens with one attached hydrogen (secondary N) is 1. The van der Waals surface area contributed by atoms with E-state index < -0.39 is 15.1 Å². The lowest BCUT2D eigenvalue weighted by Gasteiger charge is -2.36. The Bertz CT molecular complexity index is 602. The Labute approximate surface area is 149 Å². The number of anilines is 1. The van der Waals surface area contributed by atoms with Crippen molar-refractivity contribution in [1.29, 1.82) is 0 Å². The molecule has 1 aliphatic rings. The summed E-state index contributed by atoms with van der Waals surface area (Å²) in [5.74, 6) is 0.272. The Balaban J connectivity index is 2.22. The molecule has 0 spiro atoms. The molecule has 0 saturated heterocycles. The average molecular weight is 376 g/mol. The summed E-state index contributed by atoms with van der Waals surface area (Å²) in [6, 6.07) is 3.24. The first kappa shape index (κ1) is 18.6. The fourth-order valence-corrected chi connectivity index (χ4v) is 4.19. The fourth-order valence-electron chi connectivity index (χ4n) is 2.47. The summed E-state index contributed by atoms with van der Waals surface area (Å²) in [7, 11) is -1.24. The van der Waals surface area contributed by atoms with E-state index in [2.05, 4.69) is 39.2 Å². The Morgan fingerprint density at radius 3 is 2.57 bits per heavy atom. The van der Waals surface area contributed by atoms with Crippen LogP contribution in [-0.2, 0) is 9.22 Å². The average Bonchev–Trinajstić information content (AvgIpc) is 2.37. The minimum atomic E-state index is -1.24. The highest BCUT2D eigenvalue weighted by atomic mass is 35.5. The van der Waals surface area contributed by atoms with Crippen LogP contribution in [-0.4, -0.2) is 27.2 Å². The van der Waals surface area contributed by atoms with Crippen LogP contribution in [0.5, 0.6) is 5.75 Å². The van der Waals surface area contributed by atoms with Gasteiger partial charge in [0.2, 0.25) is 0 Å². The summed E-state index contributed by atoms with van der Waals surface area (Å²) in [6.07, 6.45) is -0.200. The van der Waals surface area contributed by atoms with Crippen LogP contribution in [0.4, 0.5) is 5.69 Å². The topological polar surface area (TPSA) is 47.6 Å². The van der Waals surface area contributed by atoms with Gasteiger partial charge in [-0.1, -0.05) is 44.0 Å². The zero-order chi connectivity index (χ0) is 17.4. The predicted molar refractivity (Wildman–Crippen MR) is 97.3 cm³/mol. The molecular weight excluding hydrogens is 353 g/mol. The first-order chi connectivity index (χ1) is 10.6. The number of benzene rings is 1. The molecule has 2 unspecified atom stereocenters. The molecule has 0 aromatic heterocycles. The third-order valence-corrected chi connectivity index (χ3v) is 5.02. The number of halogens is 2. The highest BCUT2D eigenvalue weighted by molar-refractivity contribution is 6.48. The number of ether oxygens (including phenoxy) is 1. The second-order valence-corrected chi connectivity index (χ2v) is 10.3. The maximum atomic E-state index is 12.4. The smallest absolute Gasteiger partial charge is 0.265 e. The maximum Gasteiger partial charge on any atom is 0.265 e. The van der Waals surface area contributed by atoms with Crippen LogP contribution in [0.25, 0.3) is 0 Å². The van der Waals surface area contributed by atoms with E-state index in [1.54, 1.807) is 12.1 Å². The second kappa shape index (κ2) is 7.01. The Morgan fingerprint density at radius 2 is 2.00 bits per heavy atom. The molecule has 2 rings (SSSR count). The number of amides is 1. The van der Waals surface area contributed by atoms with Crippen molar-refractivity contribution >= 4 is 43.8 Å². The van der Waals surface area contributed by atoms with Crippen molar-refractivity contribution in [3.63, 3.8) is 0 Å². The number of fused-ring (bicyclic) bond motifs is 1. The molecule has 0 radical (unpaired) electrons. The van der Waals surface area contributed by atoms with Crippen LogP contribution in [0, 0.1) is 5.41 Å². The molecule has 128 valence electrons. The molecule has 1 aliphatic heterocycles. The van der Waals surface area contributed by atoms with Gasteiger partial charge < -0.3 is 14.5 Å². The van der Waals surface area contributed by atoms with E-state index in [-0.39, 0.29) is 17.4 Å². The SMILES string of the molecule is C[SiH](C)OC(CC1Oc2c(Cl)cc(Cl)cc2NC1=O)C(C)(C)C. The molecule has 1 aromatic rings. The predicted octanol–water partition coefficient (Wildman–Crippen LogP) is 4.50. The van der Waals surface area contributed by atoms with Gasteiger partial charge in [0.1, 0.15) is 0 Å². The van der Waals surface area contributed by atoms with Crippen molar-refractivity contribution < 1.29 is 14.0 Å². The van der Waals surface area contributed by atoms with Crippen molar-refractivity contribution in [1.82, 2.24) is 0 Å². The minimum Gasteiger partial charge on any atom is -0.477 e. The normalized spacial score (nSPS) is 19.1. The molecule has 1 heterocycles. The largest absolute Gasteiger partial charge is 0.477 e. The monoisotopic (exact) mass is 375 g/mol. The molecule has 4 nitrogen and oxygen atoms in total. The summed E-state index contributed by atoms with van der Waals surface area (Å²) in [5, 5.41) is 3.67. The molecule has 1 aromatic carbocycles. The molecule has 2 atom stereocenters. The molecule has 0 fully saturated rings. The van der Waals surface area contributed by atoms with Crippen LogP contribution in [0.3, 0.4) is 0 Å². The molecule has 1 N–H and O–H groups in total. The van der Waals surface area contributed by atoms with E-state index in [4.69, 9.17) is 32.4 Å². The number of hydrogen-bond donors (Lipinski definition) is 1. The van der Waals surface area contributed by atoms with Gasteiger partial charge in [0, 0.05) is 11.4 Å². The van der Waals surface area contributed by atoms with E-state index in [9.17, 15) is 4.79 Å². The highest BCUT2D eigenvalue weighted by Crippen LogP contribution is 2.40. The molecule has 0 saturated carbocycles. The molecule has 7 heteroatoms. The van der Waals surface area contributed by atoms with Crippen LogP contribution in [0.15, 0.2) is 12.1 Å². The Kier molecular flexibility index (Phi) is 5.66. The lowest BCUT2D eigenvalue weighted by molar-refractivity contribution is -0.125. The van der Waals surface area contributed by atoms with Gasteiger partial charge in [-0.15, -0.1) is 0 Å². The van der Waals surface area contributed by atoms with Crippen molar-refractivity contribution in [2.24, 2.45) is 5.41 Å². The van der Waals surface area contributed by atoms with Crippen LogP contribution in [0.1, 0.15) is 27.2 Å². The lowest BCUT2D eigenvalue weighted by Crippen LogP contribution is -2.44. The highest BCUT2D eigenvalue weighted by Gasteiger charge is 2.36. The van der Waals surface area contributed by atoms with E-state index in [0.29, 0.717) is 27.9 Å². The van der Waals surface area contributed by atoms with E-state index >= 15 is 0 Å². The second-order valence-electron chi connectivity index (χ2n) is 7.14. The molecular formula is C16H23Cl2NO3Si. The number of hydrogen-bond acceptors (Lipinski definition) is 3. The zero-order valence-corrected chi connectivity index (χ0v) is 16.7. The van der Waals surface area contributed by atoms with Gasteiger partial charge in [-0.25, -0.2) is 0 Å². The van der Waals surface area contributed by atoms with E-state index in [0.717, 1.165) is 0 Å². The molecule has 1 amide bonds. The first-order valence-corrected chi connectivity index (χ1v) is 11.2. The van der Waals surface area contributed by atoms with Crippen LogP contribution >= 0.6 is 23.2 Å². The molecule has 0 bridgehead atoms. The maximum absolute atomic E-state index is 12.4. The van der Waals surface area contributed by atoms with Gasteiger partial charge in [0.25, 0.3) is 5.91 Å². The van der Waals surface area contributed by atoms with Crippen molar-refractivity contribution in [2.45, 2.75) is 52.5 Å². The van der Waals surface area contributed by atoms with Crippen molar-refractivity contribution in [3.05, 3.63) is 22.2 Å². The Morgan fingerprint density at radius 1 is 1.35 bits per heavy atom. The fraction of sp³-hybridized carbons (Fsp3) is 0.562. The van der Waals surface area contributed by atoms with Crippen LogP contribution < -0.4 is 10.1 Å². The Hall–Kier alpha value is -0.753. The molecule has 0 aliphatic carbocycles. The van der Waals surface area contributed by atoms with Crippen LogP contribution in [0.2, 0.25) is 23.1 Å². The summed E-state index contributed by atoms with van der Waals surface area (Å²) < 4.78 is 12.0. The number of rotatable bonds is 4. The third-order valence-electron chi connectivity index (χ3n) is 3.65. The zero-order valence-electron chi connectivity index (χ0n) is 14.1.